The average molecular weight is 377 g/mol. The summed E-state index contributed by atoms with van der Waals surface area (Å²) in [5.74, 6) is 2.36. The van der Waals surface area contributed by atoms with E-state index in [1.165, 1.54) is 12.8 Å². The molecule has 28 heavy (non-hydrogen) atoms. The van der Waals surface area contributed by atoms with Crippen molar-refractivity contribution in [3.8, 4) is 0 Å². The molecule has 0 unspecified atom stereocenters. The van der Waals surface area contributed by atoms with Crippen molar-refractivity contribution in [3.63, 3.8) is 0 Å². The van der Waals surface area contributed by atoms with Crippen LogP contribution in [0.5, 0.6) is 0 Å². The van der Waals surface area contributed by atoms with Gasteiger partial charge in [0, 0.05) is 42.9 Å². The van der Waals surface area contributed by atoms with Crippen LogP contribution in [-0.2, 0) is 11.3 Å². The first kappa shape index (κ1) is 18.0. The van der Waals surface area contributed by atoms with Crippen molar-refractivity contribution >= 4 is 28.9 Å². The predicted molar refractivity (Wildman–Crippen MR) is 109 cm³/mol. The van der Waals surface area contributed by atoms with Gasteiger partial charge in [0.25, 0.3) is 0 Å². The van der Waals surface area contributed by atoms with Crippen LogP contribution in [0.4, 0.5) is 23.0 Å². The van der Waals surface area contributed by atoms with Crippen molar-refractivity contribution < 1.29 is 4.79 Å². The van der Waals surface area contributed by atoms with E-state index in [1.807, 2.05) is 37.3 Å². The van der Waals surface area contributed by atoms with Crippen molar-refractivity contribution in [2.24, 2.45) is 0 Å². The van der Waals surface area contributed by atoms with E-state index in [1.54, 1.807) is 23.1 Å². The molecule has 0 spiro atoms. The maximum absolute atomic E-state index is 12.0. The summed E-state index contributed by atoms with van der Waals surface area (Å²) < 4.78 is 1.58. The molecule has 8 heteroatoms. The van der Waals surface area contributed by atoms with Crippen LogP contribution < -0.4 is 15.5 Å². The van der Waals surface area contributed by atoms with Crippen LogP contribution in [0.15, 0.2) is 48.8 Å². The molecule has 4 rings (SSSR count). The molecule has 3 heterocycles. The lowest BCUT2D eigenvalue weighted by molar-refractivity contribution is -0.116. The van der Waals surface area contributed by atoms with Crippen LogP contribution in [0.25, 0.3) is 0 Å². The van der Waals surface area contributed by atoms with Gasteiger partial charge in [-0.1, -0.05) is 0 Å². The quantitative estimate of drug-likeness (QED) is 0.687. The molecule has 1 fully saturated rings. The lowest BCUT2D eigenvalue weighted by atomic mass is 10.2. The number of rotatable bonds is 6. The summed E-state index contributed by atoms with van der Waals surface area (Å²) in [6, 6.07) is 11.3. The Bertz CT molecular complexity index is 932. The fourth-order valence-electron chi connectivity index (χ4n) is 3.25. The molecule has 8 nitrogen and oxygen atoms in total. The summed E-state index contributed by atoms with van der Waals surface area (Å²) in [6.07, 6.45) is 5.82. The minimum atomic E-state index is -0.119. The molecule has 1 aliphatic rings. The molecule has 1 aromatic carbocycles. The second-order valence-corrected chi connectivity index (χ2v) is 6.81. The molecule has 0 saturated carbocycles. The summed E-state index contributed by atoms with van der Waals surface area (Å²) in [4.78, 5) is 23.4. The number of aromatic nitrogens is 4. The van der Waals surface area contributed by atoms with E-state index >= 15 is 0 Å². The van der Waals surface area contributed by atoms with Gasteiger partial charge in [0.2, 0.25) is 5.91 Å². The number of hydrogen-bond acceptors (Lipinski definition) is 6. The van der Waals surface area contributed by atoms with Gasteiger partial charge >= 0.3 is 0 Å². The highest BCUT2D eigenvalue weighted by atomic mass is 16.2. The molecule has 0 aliphatic carbocycles. The monoisotopic (exact) mass is 377 g/mol. The van der Waals surface area contributed by atoms with Crippen molar-refractivity contribution in [2.75, 3.05) is 28.6 Å². The number of amides is 1. The van der Waals surface area contributed by atoms with E-state index in [9.17, 15) is 4.79 Å². The topological polar surface area (TPSA) is 88.0 Å². The van der Waals surface area contributed by atoms with Gasteiger partial charge in [-0.15, -0.1) is 0 Å². The van der Waals surface area contributed by atoms with E-state index in [4.69, 9.17) is 0 Å². The Kier molecular flexibility index (Phi) is 5.18. The Morgan fingerprint density at radius 3 is 2.57 bits per heavy atom. The lowest BCUT2D eigenvalue weighted by Crippen LogP contribution is -2.19. The van der Waals surface area contributed by atoms with Crippen LogP contribution in [0, 0.1) is 6.92 Å². The zero-order chi connectivity index (χ0) is 19.3. The number of anilines is 4. The third kappa shape index (κ3) is 4.46. The second kappa shape index (κ2) is 8.08. The fourth-order valence-corrected chi connectivity index (χ4v) is 3.25. The Morgan fingerprint density at radius 2 is 1.86 bits per heavy atom. The SMILES string of the molecule is Cc1nc(Nc2ccc(NC(=O)Cn3cccn3)cc2)cc(N2CCCC2)n1. The molecule has 0 bridgehead atoms. The van der Waals surface area contributed by atoms with Gasteiger partial charge in [0.05, 0.1) is 0 Å². The largest absolute Gasteiger partial charge is 0.356 e. The van der Waals surface area contributed by atoms with Gasteiger partial charge in [-0.05, 0) is 50.1 Å². The van der Waals surface area contributed by atoms with E-state index in [2.05, 4.69) is 30.6 Å². The molecular weight excluding hydrogens is 354 g/mol. The molecule has 1 aliphatic heterocycles. The molecule has 0 radical (unpaired) electrons. The first-order chi connectivity index (χ1) is 13.7. The standard InChI is InChI=1S/C20H23N7O/c1-15-22-18(13-19(23-15)26-10-2-3-11-26)24-16-5-7-17(8-6-16)25-20(28)14-27-12-4-9-21-27/h4-9,12-13H,2-3,10-11,14H2,1H3,(H,25,28)(H,22,23,24). The fraction of sp³-hybridized carbons (Fsp3) is 0.300. The Morgan fingerprint density at radius 1 is 1.11 bits per heavy atom. The van der Waals surface area contributed by atoms with E-state index in [0.29, 0.717) is 0 Å². The molecule has 2 aromatic heterocycles. The number of benzene rings is 1. The number of aryl methyl sites for hydroxylation is 1. The number of hydrogen-bond donors (Lipinski definition) is 2. The highest BCUT2D eigenvalue weighted by Gasteiger charge is 2.15. The maximum atomic E-state index is 12.0. The molecule has 2 N–H and O–H groups in total. The number of nitrogens with one attached hydrogen (secondary N) is 2. The van der Waals surface area contributed by atoms with Crippen LogP contribution in [-0.4, -0.2) is 38.7 Å². The van der Waals surface area contributed by atoms with Crippen LogP contribution in [0.1, 0.15) is 18.7 Å². The van der Waals surface area contributed by atoms with E-state index in [-0.39, 0.29) is 12.5 Å². The predicted octanol–water partition coefficient (Wildman–Crippen LogP) is 2.96. The maximum Gasteiger partial charge on any atom is 0.246 e. The summed E-state index contributed by atoms with van der Waals surface area (Å²) in [5.41, 5.74) is 1.63. The minimum Gasteiger partial charge on any atom is -0.356 e. The molecule has 144 valence electrons. The minimum absolute atomic E-state index is 0.119. The van der Waals surface area contributed by atoms with Crippen molar-refractivity contribution in [1.82, 2.24) is 19.7 Å². The Labute approximate surface area is 163 Å². The molecule has 3 aromatic rings. The highest BCUT2D eigenvalue weighted by molar-refractivity contribution is 5.90. The highest BCUT2D eigenvalue weighted by Crippen LogP contribution is 2.23. The smallest absolute Gasteiger partial charge is 0.246 e. The third-order valence-electron chi connectivity index (χ3n) is 4.56. The summed E-state index contributed by atoms with van der Waals surface area (Å²) in [7, 11) is 0. The van der Waals surface area contributed by atoms with Crippen LogP contribution >= 0.6 is 0 Å². The lowest BCUT2D eigenvalue weighted by Gasteiger charge is -2.18. The van der Waals surface area contributed by atoms with Crippen LogP contribution in [0.3, 0.4) is 0 Å². The van der Waals surface area contributed by atoms with Crippen molar-refractivity contribution in [1.29, 1.82) is 0 Å². The summed E-state index contributed by atoms with van der Waals surface area (Å²) in [5, 5.41) is 10.2. The van der Waals surface area contributed by atoms with Crippen molar-refractivity contribution in [2.45, 2.75) is 26.3 Å². The number of nitrogens with zero attached hydrogens (tertiary/aromatic N) is 5. The summed E-state index contributed by atoms with van der Waals surface area (Å²) >= 11 is 0. The van der Waals surface area contributed by atoms with Crippen LogP contribution in [0.2, 0.25) is 0 Å². The van der Waals surface area contributed by atoms with Gasteiger partial charge in [-0.25, -0.2) is 9.97 Å². The Balaban J connectivity index is 1.39. The molecular formula is C20H23N7O. The van der Waals surface area contributed by atoms with E-state index in [0.717, 1.165) is 41.9 Å². The van der Waals surface area contributed by atoms with Gasteiger partial charge in [0.1, 0.15) is 24.0 Å². The molecule has 1 saturated heterocycles. The van der Waals surface area contributed by atoms with Gasteiger partial charge in [0.15, 0.2) is 0 Å². The number of carbonyl (C=O) groups is 1. The summed E-state index contributed by atoms with van der Waals surface area (Å²) in [6.45, 7) is 4.18. The zero-order valence-corrected chi connectivity index (χ0v) is 15.8. The Hall–Kier alpha value is -3.42. The first-order valence-electron chi connectivity index (χ1n) is 9.41. The molecule has 1 amide bonds. The first-order valence-corrected chi connectivity index (χ1v) is 9.41. The van der Waals surface area contributed by atoms with Gasteiger partial charge in [-0.3, -0.25) is 9.48 Å². The zero-order valence-electron chi connectivity index (χ0n) is 15.8. The van der Waals surface area contributed by atoms with Crippen molar-refractivity contribution in [3.05, 3.63) is 54.6 Å². The van der Waals surface area contributed by atoms with Gasteiger partial charge in [-0.2, -0.15) is 5.10 Å². The average Bonchev–Trinajstić information content (AvgIpc) is 3.37. The third-order valence-corrected chi connectivity index (χ3v) is 4.56. The van der Waals surface area contributed by atoms with E-state index < -0.39 is 0 Å². The normalized spacial score (nSPS) is 13.5. The van der Waals surface area contributed by atoms with Gasteiger partial charge < -0.3 is 15.5 Å². The number of carbonyl (C=O) groups excluding carboxylic acids is 1. The molecule has 0 atom stereocenters. The second-order valence-electron chi connectivity index (χ2n) is 6.81.